The number of benzene rings is 1. The van der Waals surface area contributed by atoms with Gasteiger partial charge in [0.15, 0.2) is 0 Å². The summed E-state index contributed by atoms with van der Waals surface area (Å²) in [5.41, 5.74) is 2.93. The van der Waals surface area contributed by atoms with E-state index in [9.17, 15) is 14.7 Å². The second-order valence-corrected chi connectivity index (χ2v) is 6.17. The highest BCUT2D eigenvalue weighted by atomic mass is 16.6. The smallest absolute Gasteiger partial charge is 0.414 e. The van der Waals surface area contributed by atoms with Crippen LogP contribution in [0.4, 0.5) is 10.5 Å². The van der Waals surface area contributed by atoms with Crippen LogP contribution in [0, 0.1) is 0 Å². The second kappa shape index (κ2) is 7.67. The van der Waals surface area contributed by atoms with E-state index in [0.29, 0.717) is 26.1 Å². The number of nitrogens with one attached hydrogen (secondary N) is 1. The first-order valence-electron chi connectivity index (χ1n) is 8.31. The zero-order valence-electron chi connectivity index (χ0n) is 14.1. The molecule has 2 N–H and O–H groups in total. The Morgan fingerprint density at radius 3 is 2.76 bits per heavy atom. The van der Waals surface area contributed by atoms with Gasteiger partial charge in [0.1, 0.15) is 6.10 Å². The molecular formula is C18H22N2O5. The molecule has 3 rings (SSSR count). The Bertz CT molecular complexity index is 671. The lowest BCUT2D eigenvalue weighted by Crippen LogP contribution is -2.33. The van der Waals surface area contributed by atoms with Gasteiger partial charge in [-0.1, -0.05) is 18.2 Å². The quantitative estimate of drug-likeness (QED) is 0.839. The summed E-state index contributed by atoms with van der Waals surface area (Å²) in [6.07, 6.45) is 1.76. The number of rotatable bonds is 5. The number of aliphatic hydroxyl groups excluding tert-OH is 1. The van der Waals surface area contributed by atoms with E-state index in [-0.39, 0.29) is 24.7 Å². The van der Waals surface area contributed by atoms with Crippen molar-refractivity contribution < 1.29 is 24.2 Å². The van der Waals surface area contributed by atoms with E-state index in [1.807, 2.05) is 30.3 Å². The summed E-state index contributed by atoms with van der Waals surface area (Å²) in [6, 6.07) is 7.66. The van der Waals surface area contributed by atoms with Crippen molar-refractivity contribution in [2.75, 3.05) is 31.2 Å². The van der Waals surface area contributed by atoms with Crippen LogP contribution in [0.25, 0.3) is 5.57 Å². The number of cyclic esters (lactones) is 1. The van der Waals surface area contributed by atoms with E-state index in [0.717, 1.165) is 16.8 Å². The van der Waals surface area contributed by atoms with Crippen LogP contribution in [0.1, 0.15) is 18.9 Å². The molecule has 1 unspecified atom stereocenters. The van der Waals surface area contributed by atoms with E-state index in [1.54, 1.807) is 4.90 Å². The Kier molecular flexibility index (Phi) is 5.35. The third-order valence-corrected chi connectivity index (χ3v) is 4.32. The van der Waals surface area contributed by atoms with Crippen molar-refractivity contribution in [2.24, 2.45) is 0 Å². The number of hydrogen-bond acceptors (Lipinski definition) is 5. The average Bonchev–Trinajstić information content (AvgIpc) is 3.01. The Hall–Kier alpha value is -2.38. The Morgan fingerprint density at radius 1 is 1.32 bits per heavy atom. The zero-order valence-corrected chi connectivity index (χ0v) is 14.1. The predicted octanol–water partition coefficient (Wildman–Crippen LogP) is 1.31. The maximum Gasteiger partial charge on any atom is 0.414 e. The molecular weight excluding hydrogens is 324 g/mol. The predicted molar refractivity (Wildman–Crippen MR) is 92.2 cm³/mol. The molecule has 25 heavy (non-hydrogen) atoms. The Labute approximate surface area is 146 Å². The molecule has 7 heteroatoms. The molecule has 2 aliphatic heterocycles. The van der Waals surface area contributed by atoms with Gasteiger partial charge in [-0.15, -0.1) is 0 Å². The fourth-order valence-corrected chi connectivity index (χ4v) is 2.98. The highest BCUT2D eigenvalue weighted by Crippen LogP contribution is 2.28. The molecule has 0 aliphatic carbocycles. The maximum atomic E-state index is 12.0. The molecule has 134 valence electrons. The number of aliphatic hydroxyl groups is 1. The van der Waals surface area contributed by atoms with Gasteiger partial charge in [0.2, 0.25) is 5.91 Å². The number of carbonyl (C=O) groups excluding carboxylic acids is 2. The summed E-state index contributed by atoms with van der Waals surface area (Å²) in [4.78, 5) is 24.6. The van der Waals surface area contributed by atoms with Gasteiger partial charge in [-0.05, 0) is 23.3 Å². The van der Waals surface area contributed by atoms with Crippen LogP contribution in [0.2, 0.25) is 0 Å². The van der Waals surface area contributed by atoms with E-state index in [2.05, 4.69) is 5.32 Å². The van der Waals surface area contributed by atoms with Crippen molar-refractivity contribution in [3.05, 3.63) is 35.9 Å². The Morgan fingerprint density at radius 2 is 2.08 bits per heavy atom. The Balaban J connectivity index is 1.65. The molecule has 1 aromatic carbocycles. The first-order chi connectivity index (χ1) is 12.1. The number of ether oxygens (including phenoxy) is 2. The fraction of sp³-hybridized carbons (Fsp3) is 0.444. The lowest BCUT2D eigenvalue weighted by atomic mass is 9.97. The third-order valence-electron chi connectivity index (χ3n) is 4.32. The van der Waals surface area contributed by atoms with Gasteiger partial charge in [0, 0.05) is 19.0 Å². The van der Waals surface area contributed by atoms with Crippen molar-refractivity contribution in [2.45, 2.75) is 25.6 Å². The highest BCUT2D eigenvalue weighted by Gasteiger charge is 2.32. The standard InChI is InChI=1S/C18H22N2O5/c1-12(22)19-9-17-10-20(18(23)25-17)15-4-2-13(3-5-15)14-6-7-24-16(8-14)11-21/h2-6,16-17,21H,7-11H2,1H3,(H,19,22)/t16?,17-/m0/s1. The van der Waals surface area contributed by atoms with Gasteiger partial charge < -0.3 is 19.9 Å². The van der Waals surface area contributed by atoms with Crippen LogP contribution in [-0.4, -0.2) is 55.6 Å². The van der Waals surface area contributed by atoms with E-state index >= 15 is 0 Å². The molecule has 0 saturated carbocycles. The molecule has 0 spiro atoms. The molecule has 1 saturated heterocycles. The number of amides is 2. The van der Waals surface area contributed by atoms with Crippen molar-refractivity contribution in [3.8, 4) is 0 Å². The summed E-state index contributed by atoms with van der Waals surface area (Å²) < 4.78 is 10.7. The number of nitrogens with zero attached hydrogens (tertiary/aromatic N) is 1. The van der Waals surface area contributed by atoms with Crippen molar-refractivity contribution in [1.29, 1.82) is 0 Å². The first-order valence-corrected chi connectivity index (χ1v) is 8.31. The molecule has 1 fully saturated rings. The minimum absolute atomic E-state index is 0.00469. The van der Waals surface area contributed by atoms with Gasteiger partial charge in [0.25, 0.3) is 0 Å². The summed E-state index contributed by atoms with van der Waals surface area (Å²) in [5.74, 6) is -0.148. The monoisotopic (exact) mass is 346 g/mol. The topological polar surface area (TPSA) is 88.1 Å². The number of carbonyl (C=O) groups is 2. The van der Waals surface area contributed by atoms with Crippen molar-refractivity contribution >= 4 is 23.3 Å². The minimum atomic E-state index is -0.409. The van der Waals surface area contributed by atoms with Crippen molar-refractivity contribution in [1.82, 2.24) is 5.32 Å². The first kappa shape index (κ1) is 17.4. The molecule has 2 heterocycles. The molecule has 0 radical (unpaired) electrons. The second-order valence-electron chi connectivity index (χ2n) is 6.17. The largest absolute Gasteiger partial charge is 0.442 e. The van der Waals surface area contributed by atoms with Crippen LogP contribution < -0.4 is 10.2 Å². The molecule has 2 amide bonds. The van der Waals surface area contributed by atoms with Crippen LogP contribution in [0.15, 0.2) is 30.3 Å². The summed E-state index contributed by atoms with van der Waals surface area (Å²) in [6.45, 7) is 2.64. The van der Waals surface area contributed by atoms with Crippen LogP contribution in [-0.2, 0) is 14.3 Å². The summed E-state index contributed by atoms with van der Waals surface area (Å²) in [7, 11) is 0. The number of hydrogen-bond donors (Lipinski definition) is 2. The molecule has 0 aromatic heterocycles. The maximum absolute atomic E-state index is 12.0. The minimum Gasteiger partial charge on any atom is -0.442 e. The fourth-order valence-electron chi connectivity index (χ4n) is 2.98. The highest BCUT2D eigenvalue weighted by molar-refractivity contribution is 5.90. The molecule has 2 atom stereocenters. The van der Waals surface area contributed by atoms with Crippen LogP contribution in [0.3, 0.4) is 0 Å². The average molecular weight is 346 g/mol. The van der Waals surface area contributed by atoms with Crippen LogP contribution >= 0.6 is 0 Å². The van der Waals surface area contributed by atoms with Gasteiger partial charge in [-0.2, -0.15) is 0 Å². The van der Waals surface area contributed by atoms with Gasteiger partial charge in [0.05, 0.1) is 32.4 Å². The molecule has 0 bridgehead atoms. The third kappa shape index (κ3) is 4.18. The van der Waals surface area contributed by atoms with Gasteiger partial charge in [-0.25, -0.2) is 4.79 Å². The molecule has 7 nitrogen and oxygen atoms in total. The zero-order chi connectivity index (χ0) is 17.8. The van der Waals surface area contributed by atoms with Crippen LogP contribution in [0.5, 0.6) is 0 Å². The van der Waals surface area contributed by atoms with E-state index in [1.165, 1.54) is 6.92 Å². The van der Waals surface area contributed by atoms with Gasteiger partial charge >= 0.3 is 6.09 Å². The molecule has 2 aliphatic rings. The van der Waals surface area contributed by atoms with Gasteiger partial charge in [-0.3, -0.25) is 9.69 Å². The lowest BCUT2D eigenvalue weighted by molar-refractivity contribution is -0.119. The molecule has 1 aromatic rings. The van der Waals surface area contributed by atoms with Crippen molar-refractivity contribution in [3.63, 3.8) is 0 Å². The SMILES string of the molecule is CC(=O)NC[C@H]1CN(c2ccc(C3=CCOC(CO)C3)cc2)C(=O)O1. The lowest BCUT2D eigenvalue weighted by Gasteiger charge is -2.22. The van der Waals surface area contributed by atoms with E-state index in [4.69, 9.17) is 9.47 Å². The number of anilines is 1. The summed E-state index contributed by atoms with van der Waals surface area (Å²) >= 11 is 0. The normalized spacial score (nSPS) is 23.2. The van der Waals surface area contributed by atoms with E-state index < -0.39 is 6.09 Å². The summed E-state index contributed by atoms with van der Waals surface area (Å²) in [5, 5.41) is 11.9.